The van der Waals surface area contributed by atoms with Crippen LogP contribution in [0.4, 0.5) is 20.2 Å². The molecule has 0 spiro atoms. The number of aromatic nitrogens is 2. The summed E-state index contributed by atoms with van der Waals surface area (Å²) in [6.45, 7) is 1.93. The number of carbonyl (C=O) groups is 1. The average molecular weight is 406 g/mol. The number of anilines is 2. The third-order valence-corrected chi connectivity index (χ3v) is 5.22. The zero-order chi connectivity index (χ0) is 20.3. The maximum Gasteiger partial charge on any atom is 0.276 e. The van der Waals surface area contributed by atoms with E-state index in [1.807, 2.05) is 6.92 Å². The molecule has 3 aromatic rings. The lowest BCUT2D eigenvalue weighted by Gasteiger charge is -2.09. The first-order chi connectivity index (χ1) is 13.3. The number of benzene rings is 2. The zero-order valence-electron chi connectivity index (χ0n) is 14.7. The standard InChI is InChI=1S/C18H16F2N4O3S/c1-2-11-9-17(23-22-11)18(25)21-12-3-5-13(6-4-12)24-28(26,27)14-7-8-15(19)16(20)10-14/h3-10,24H,2H2,1H3,(H,21,25)(H,22,23). The van der Waals surface area contributed by atoms with Crippen molar-refractivity contribution in [3.63, 3.8) is 0 Å². The van der Waals surface area contributed by atoms with Gasteiger partial charge in [0.05, 0.1) is 4.90 Å². The van der Waals surface area contributed by atoms with Gasteiger partial charge in [0.25, 0.3) is 15.9 Å². The van der Waals surface area contributed by atoms with Gasteiger partial charge < -0.3 is 5.32 Å². The van der Waals surface area contributed by atoms with E-state index in [2.05, 4.69) is 20.2 Å². The SMILES string of the molecule is CCc1cc(C(=O)Nc2ccc(NS(=O)(=O)c3ccc(F)c(F)c3)cc2)n[nH]1. The minimum atomic E-state index is -4.09. The number of rotatable bonds is 6. The maximum atomic E-state index is 13.3. The van der Waals surface area contributed by atoms with Gasteiger partial charge in [-0.2, -0.15) is 5.10 Å². The van der Waals surface area contributed by atoms with Crippen molar-refractivity contribution in [1.29, 1.82) is 0 Å². The third kappa shape index (κ3) is 4.34. The molecule has 0 unspecified atom stereocenters. The molecule has 0 atom stereocenters. The second kappa shape index (κ2) is 7.77. The summed E-state index contributed by atoms with van der Waals surface area (Å²) in [5, 5.41) is 9.29. The van der Waals surface area contributed by atoms with E-state index in [9.17, 15) is 22.0 Å². The van der Waals surface area contributed by atoms with Crippen molar-refractivity contribution in [2.45, 2.75) is 18.2 Å². The Morgan fingerprint density at radius 3 is 2.32 bits per heavy atom. The Morgan fingerprint density at radius 1 is 1.04 bits per heavy atom. The van der Waals surface area contributed by atoms with Crippen molar-refractivity contribution in [3.05, 3.63) is 71.6 Å². The molecule has 2 aromatic carbocycles. The van der Waals surface area contributed by atoms with Crippen LogP contribution in [0.15, 0.2) is 53.4 Å². The Balaban J connectivity index is 1.70. The number of H-pyrrole nitrogens is 1. The van der Waals surface area contributed by atoms with Crippen LogP contribution in [-0.2, 0) is 16.4 Å². The van der Waals surface area contributed by atoms with Gasteiger partial charge in [0.1, 0.15) is 0 Å². The molecule has 0 aliphatic carbocycles. The van der Waals surface area contributed by atoms with Gasteiger partial charge in [0.15, 0.2) is 17.3 Å². The molecule has 1 aromatic heterocycles. The predicted molar refractivity (Wildman–Crippen MR) is 99.5 cm³/mol. The van der Waals surface area contributed by atoms with Crippen molar-refractivity contribution < 1.29 is 22.0 Å². The summed E-state index contributed by atoms with van der Waals surface area (Å²) in [6, 6.07) is 9.78. The second-order valence-electron chi connectivity index (χ2n) is 5.84. The summed E-state index contributed by atoms with van der Waals surface area (Å²) >= 11 is 0. The molecule has 3 N–H and O–H groups in total. The van der Waals surface area contributed by atoms with Gasteiger partial charge in [-0.3, -0.25) is 14.6 Å². The summed E-state index contributed by atoms with van der Waals surface area (Å²) in [4.78, 5) is 11.7. The van der Waals surface area contributed by atoms with Crippen molar-refractivity contribution in [1.82, 2.24) is 10.2 Å². The molecular weight excluding hydrogens is 390 g/mol. The molecule has 0 bridgehead atoms. The van der Waals surface area contributed by atoms with E-state index in [1.54, 1.807) is 6.07 Å². The van der Waals surface area contributed by atoms with Crippen molar-refractivity contribution >= 4 is 27.3 Å². The highest BCUT2D eigenvalue weighted by Gasteiger charge is 2.17. The number of nitrogens with one attached hydrogen (secondary N) is 3. The van der Waals surface area contributed by atoms with Gasteiger partial charge in [0.2, 0.25) is 0 Å². The highest BCUT2D eigenvalue weighted by molar-refractivity contribution is 7.92. The van der Waals surface area contributed by atoms with Gasteiger partial charge in [-0.05, 0) is 55.0 Å². The Kier molecular flexibility index (Phi) is 5.41. The highest BCUT2D eigenvalue weighted by atomic mass is 32.2. The Bertz CT molecular complexity index is 1110. The Morgan fingerprint density at radius 2 is 1.71 bits per heavy atom. The molecule has 1 amide bonds. The second-order valence-corrected chi connectivity index (χ2v) is 7.53. The monoisotopic (exact) mass is 406 g/mol. The van der Waals surface area contributed by atoms with Crippen LogP contribution in [0.2, 0.25) is 0 Å². The first-order valence-electron chi connectivity index (χ1n) is 8.22. The van der Waals surface area contributed by atoms with Crippen LogP contribution in [0.5, 0.6) is 0 Å². The molecule has 1 heterocycles. The van der Waals surface area contributed by atoms with Gasteiger partial charge in [-0.1, -0.05) is 6.92 Å². The first-order valence-corrected chi connectivity index (χ1v) is 9.70. The number of amides is 1. The molecule has 0 radical (unpaired) electrons. The number of hydrogen-bond acceptors (Lipinski definition) is 4. The van der Waals surface area contributed by atoms with Gasteiger partial charge in [-0.25, -0.2) is 17.2 Å². The fourth-order valence-electron chi connectivity index (χ4n) is 2.33. The number of halogens is 2. The topological polar surface area (TPSA) is 104 Å². The van der Waals surface area contributed by atoms with Crippen LogP contribution in [0, 0.1) is 11.6 Å². The predicted octanol–water partition coefficient (Wildman–Crippen LogP) is 3.30. The van der Waals surface area contributed by atoms with Gasteiger partial charge in [-0.15, -0.1) is 0 Å². The van der Waals surface area contributed by atoms with Crippen LogP contribution < -0.4 is 10.0 Å². The van der Waals surface area contributed by atoms with Crippen LogP contribution in [0.3, 0.4) is 0 Å². The number of aromatic amines is 1. The van der Waals surface area contributed by atoms with Crippen molar-refractivity contribution in [2.75, 3.05) is 10.0 Å². The molecule has 3 rings (SSSR count). The quantitative estimate of drug-likeness (QED) is 0.584. The summed E-state index contributed by atoms with van der Waals surface area (Å²) < 4.78 is 53.0. The Labute approximate surface area is 159 Å². The molecule has 146 valence electrons. The van der Waals surface area contributed by atoms with Gasteiger partial charge in [0, 0.05) is 17.1 Å². The molecular formula is C18H16F2N4O3S. The minimum Gasteiger partial charge on any atom is -0.321 e. The molecule has 0 aliphatic rings. The average Bonchev–Trinajstić information content (AvgIpc) is 3.14. The van der Waals surface area contributed by atoms with Crippen molar-refractivity contribution in [3.8, 4) is 0 Å². The summed E-state index contributed by atoms with van der Waals surface area (Å²) in [5.74, 6) is -2.81. The molecule has 0 fully saturated rings. The number of carbonyl (C=O) groups excluding carboxylic acids is 1. The van der Waals surface area contributed by atoms with Crippen molar-refractivity contribution in [2.24, 2.45) is 0 Å². The van der Waals surface area contributed by atoms with E-state index in [-0.39, 0.29) is 11.4 Å². The lowest BCUT2D eigenvalue weighted by molar-refractivity contribution is 0.102. The molecule has 0 saturated carbocycles. The fourth-order valence-corrected chi connectivity index (χ4v) is 3.40. The van der Waals surface area contributed by atoms with E-state index in [4.69, 9.17) is 0 Å². The van der Waals surface area contributed by atoms with Gasteiger partial charge >= 0.3 is 0 Å². The normalized spacial score (nSPS) is 11.2. The summed E-state index contributed by atoms with van der Waals surface area (Å²) in [5.41, 5.74) is 1.68. The third-order valence-electron chi connectivity index (χ3n) is 3.84. The van der Waals surface area contributed by atoms with E-state index < -0.39 is 32.5 Å². The summed E-state index contributed by atoms with van der Waals surface area (Å²) in [6.07, 6.45) is 0.715. The van der Waals surface area contributed by atoms with E-state index in [0.29, 0.717) is 18.2 Å². The van der Waals surface area contributed by atoms with E-state index >= 15 is 0 Å². The van der Waals surface area contributed by atoms with Crippen LogP contribution >= 0.6 is 0 Å². The lowest BCUT2D eigenvalue weighted by atomic mass is 10.2. The smallest absolute Gasteiger partial charge is 0.276 e. The number of aryl methyl sites for hydroxylation is 1. The largest absolute Gasteiger partial charge is 0.321 e. The highest BCUT2D eigenvalue weighted by Crippen LogP contribution is 2.20. The lowest BCUT2D eigenvalue weighted by Crippen LogP contribution is -2.14. The number of sulfonamides is 1. The summed E-state index contributed by atoms with van der Waals surface area (Å²) in [7, 11) is -4.09. The zero-order valence-corrected chi connectivity index (χ0v) is 15.5. The first kappa shape index (κ1) is 19.5. The van der Waals surface area contributed by atoms with Crippen LogP contribution in [-0.4, -0.2) is 24.5 Å². The maximum absolute atomic E-state index is 13.3. The number of nitrogens with zero attached hydrogens (tertiary/aromatic N) is 1. The van der Waals surface area contributed by atoms with E-state index in [0.717, 1.165) is 17.8 Å². The Hall–Kier alpha value is -3.27. The number of hydrogen-bond donors (Lipinski definition) is 3. The van der Waals surface area contributed by atoms with E-state index in [1.165, 1.54) is 24.3 Å². The van der Waals surface area contributed by atoms with Crippen LogP contribution in [0.1, 0.15) is 23.1 Å². The van der Waals surface area contributed by atoms with Crippen LogP contribution in [0.25, 0.3) is 0 Å². The molecule has 28 heavy (non-hydrogen) atoms. The minimum absolute atomic E-state index is 0.191. The molecule has 7 nitrogen and oxygen atoms in total. The molecule has 10 heteroatoms. The molecule has 0 aliphatic heterocycles. The fraction of sp³-hybridized carbons (Fsp3) is 0.111. The molecule has 0 saturated heterocycles.